The fourth-order valence-electron chi connectivity index (χ4n) is 3.18. The van der Waals surface area contributed by atoms with Crippen LogP contribution in [0.1, 0.15) is 42.5 Å². The van der Waals surface area contributed by atoms with Crippen LogP contribution in [-0.2, 0) is 24.7 Å². The third-order valence-electron chi connectivity index (χ3n) is 4.84. The van der Waals surface area contributed by atoms with Crippen molar-refractivity contribution in [3.63, 3.8) is 0 Å². The molecule has 0 saturated carbocycles. The van der Waals surface area contributed by atoms with Gasteiger partial charge in [-0.05, 0) is 59.0 Å². The molecule has 0 unspecified atom stereocenters. The van der Waals surface area contributed by atoms with E-state index in [1.165, 1.54) is 13.1 Å². The van der Waals surface area contributed by atoms with Gasteiger partial charge in [0.2, 0.25) is 0 Å². The van der Waals surface area contributed by atoms with Gasteiger partial charge in [-0.2, -0.15) is 22.5 Å². The van der Waals surface area contributed by atoms with Crippen LogP contribution in [0.5, 0.6) is 0 Å². The van der Waals surface area contributed by atoms with Gasteiger partial charge < -0.3 is 4.84 Å². The van der Waals surface area contributed by atoms with Crippen molar-refractivity contribution >= 4 is 5.71 Å². The van der Waals surface area contributed by atoms with E-state index in [9.17, 15) is 18.0 Å². The Morgan fingerprint density at radius 2 is 1.88 bits per heavy atom. The molecule has 0 aliphatic rings. The molecule has 32 heavy (non-hydrogen) atoms. The molecule has 0 saturated heterocycles. The highest BCUT2D eigenvalue weighted by atomic mass is 19.4. The fraction of sp³-hybridized carbons (Fsp3) is 0.364. The molecule has 10 heteroatoms. The highest BCUT2D eigenvalue weighted by Crippen LogP contribution is 2.30. The van der Waals surface area contributed by atoms with Crippen molar-refractivity contribution in [2.75, 3.05) is 0 Å². The lowest BCUT2D eigenvalue weighted by atomic mass is 9.99. The molecule has 0 radical (unpaired) electrons. The number of rotatable bonds is 7. The molecule has 0 bridgehead atoms. The van der Waals surface area contributed by atoms with Crippen LogP contribution in [0.2, 0.25) is 0 Å². The Morgan fingerprint density at radius 3 is 2.50 bits per heavy atom. The summed E-state index contributed by atoms with van der Waals surface area (Å²) in [6.07, 6.45) is -4.01. The van der Waals surface area contributed by atoms with E-state index in [0.717, 1.165) is 27.1 Å². The van der Waals surface area contributed by atoms with E-state index in [0.29, 0.717) is 28.9 Å². The number of tetrazole rings is 1. The normalized spacial score (nSPS) is 12.4. The van der Waals surface area contributed by atoms with E-state index < -0.39 is 17.4 Å². The average Bonchev–Trinajstić information content (AvgIpc) is 3.06. The minimum absolute atomic E-state index is 0.00553. The molecule has 2 aromatic carbocycles. The van der Waals surface area contributed by atoms with Crippen molar-refractivity contribution in [1.82, 2.24) is 19.8 Å². The summed E-state index contributed by atoms with van der Waals surface area (Å²) in [7, 11) is 1.50. The van der Waals surface area contributed by atoms with E-state index in [-0.39, 0.29) is 12.5 Å². The Bertz CT molecular complexity index is 1180. The van der Waals surface area contributed by atoms with Crippen LogP contribution in [-0.4, -0.2) is 25.5 Å². The molecule has 7 nitrogen and oxygen atoms in total. The first-order valence-corrected chi connectivity index (χ1v) is 10.0. The first kappa shape index (κ1) is 23.2. The Balaban J connectivity index is 1.92. The first-order chi connectivity index (χ1) is 15.1. The Labute approximate surface area is 183 Å². The molecule has 3 aromatic rings. The van der Waals surface area contributed by atoms with E-state index in [1.807, 2.05) is 26.8 Å². The van der Waals surface area contributed by atoms with E-state index >= 15 is 0 Å². The van der Waals surface area contributed by atoms with E-state index in [4.69, 9.17) is 4.84 Å². The molecule has 1 aromatic heterocycles. The maximum absolute atomic E-state index is 13.1. The lowest BCUT2D eigenvalue weighted by molar-refractivity contribution is -0.137. The standard InChI is InChI=1S/C22H24F3N5O2/c1-14(2)11-19(16-8-6-9-17(12-16)22(23,24)25)26-32-13-18-15(3)7-5-10-20(18)30-21(31)29(4)27-28-30/h5-10,12,14H,11,13H2,1-4H3. The van der Waals surface area contributed by atoms with Crippen molar-refractivity contribution in [1.29, 1.82) is 0 Å². The maximum atomic E-state index is 13.1. The van der Waals surface area contributed by atoms with Crippen molar-refractivity contribution in [2.24, 2.45) is 18.1 Å². The van der Waals surface area contributed by atoms with Gasteiger partial charge in [0.15, 0.2) is 0 Å². The van der Waals surface area contributed by atoms with Crippen LogP contribution < -0.4 is 5.69 Å². The average molecular weight is 447 g/mol. The molecule has 1 heterocycles. The van der Waals surface area contributed by atoms with Gasteiger partial charge in [0.1, 0.15) is 6.61 Å². The SMILES string of the molecule is Cc1cccc(-n2nnn(C)c2=O)c1CON=C(CC(C)C)c1cccc(C(F)(F)F)c1. The van der Waals surface area contributed by atoms with Gasteiger partial charge in [-0.15, -0.1) is 0 Å². The summed E-state index contributed by atoms with van der Waals surface area (Å²) >= 11 is 0. The second-order valence-electron chi connectivity index (χ2n) is 7.86. The molecule has 0 aliphatic carbocycles. The largest absolute Gasteiger partial charge is 0.416 e. The monoisotopic (exact) mass is 447 g/mol. The first-order valence-electron chi connectivity index (χ1n) is 10.0. The second kappa shape index (κ2) is 9.37. The predicted octanol–water partition coefficient (Wildman–Crippen LogP) is 4.26. The molecule has 0 spiro atoms. The third-order valence-corrected chi connectivity index (χ3v) is 4.84. The number of halogens is 3. The smallest absolute Gasteiger partial charge is 0.391 e. The number of aryl methyl sites for hydroxylation is 2. The highest BCUT2D eigenvalue weighted by Gasteiger charge is 2.30. The van der Waals surface area contributed by atoms with Crippen LogP contribution >= 0.6 is 0 Å². The van der Waals surface area contributed by atoms with Crippen molar-refractivity contribution < 1.29 is 18.0 Å². The molecule has 0 aliphatic heterocycles. The number of hydrogen-bond acceptors (Lipinski definition) is 5. The summed E-state index contributed by atoms with van der Waals surface area (Å²) in [5, 5.41) is 11.8. The van der Waals surface area contributed by atoms with Gasteiger partial charge >= 0.3 is 11.9 Å². The van der Waals surface area contributed by atoms with Gasteiger partial charge in [-0.25, -0.2) is 4.79 Å². The summed E-state index contributed by atoms with van der Waals surface area (Å²) in [6.45, 7) is 5.76. The Kier molecular flexibility index (Phi) is 6.81. The molecule has 0 fully saturated rings. The zero-order chi connectivity index (χ0) is 23.5. The quantitative estimate of drug-likeness (QED) is 0.401. The number of aromatic nitrogens is 4. The summed E-state index contributed by atoms with van der Waals surface area (Å²) in [5.41, 5.74) is 1.63. The van der Waals surface area contributed by atoms with Crippen molar-refractivity contribution in [3.8, 4) is 5.69 Å². The number of hydrogen-bond donors (Lipinski definition) is 0. The van der Waals surface area contributed by atoms with E-state index in [2.05, 4.69) is 15.6 Å². The predicted molar refractivity (Wildman–Crippen MR) is 114 cm³/mol. The molecule has 3 rings (SSSR count). The lowest BCUT2D eigenvalue weighted by Crippen LogP contribution is -2.23. The Morgan fingerprint density at radius 1 is 1.16 bits per heavy atom. The summed E-state index contributed by atoms with van der Waals surface area (Å²) in [4.78, 5) is 17.9. The second-order valence-corrected chi connectivity index (χ2v) is 7.86. The van der Waals surface area contributed by atoms with Crippen LogP contribution in [0.15, 0.2) is 52.4 Å². The number of oxime groups is 1. The highest BCUT2D eigenvalue weighted by molar-refractivity contribution is 6.00. The summed E-state index contributed by atoms with van der Waals surface area (Å²) in [6, 6.07) is 10.4. The van der Waals surface area contributed by atoms with Gasteiger partial charge in [0.05, 0.1) is 17.0 Å². The van der Waals surface area contributed by atoms with Crippen molar-refractivity contribution in [2.45, 2.75) is 40.0 Å². The molecule has 0 atom stereocenters. The maximum Gasteiger partial charge on any atom is 0.416 e. The van der Waals surface area contributed by atoms with Gasteiger partial charge in [0, 0.05) is 12.6 Å². The van der Waals surface area contributed by atoms with Crippen LogP contribution in [0.3, 0.4) is 0 Å². The summed E-state index contributed by atoms with van der Waals surface area (Å²) < 4.78 is 41.7. The minimum Gasteiger partial charge on any atom is -0.391 e. The topological polar surface area (TPSA) is 74.3 Å². The molecule has 0 amide bonds. The number of benzene rings is 2. The zero-order valence-electron chi connectivity index (χ0n) is 18.2. The van der Waals surface area contributed by atoms with Gasteiger partial charge in [0.25, 0.3) is 0 Å². The lowest BCUT2D eigenvalue weighted by Gasteiger charge is -2.14. The van der Waals surface area contributed by atoms with Crippen molar-refractivity contribution in [3.05, 3.63) is 75.2 Å². The molecule has 170 valence electrons. The summed E-state index contributed by atoms with van der Waals surface area (Å²) in [5.74, 6) is 0.152. The van der Waals surface area contributed by atoms with Crippen LogP contribution in [0.4, 0.5) is 13.2 Å². The third kappa shape index (κ3) is 5.24. The van der Waals surface area contributed by atoms with Crippen LogP contribution in [0.25, 0.3) is 5.69 Å². The molecular formula is C22H24F3N5O2. The van der Waals surface area contributed by atoms with Gasteiger partial charge in [-0.3, -0.25) is 0 Å². The van der Waals surface area contributed by atoms with Gasteiger partial charge in [-0.1, -0.05) is 43.3 Å². The molecular weight excluding hydrogens is 423 g/mol. The zero-order valence-corrected chi connectivity index (χ0v) is 18.2. The molecule has 0 N–H and O–H groups in total. The van der Waals surface area contributed by atoms with Crippen LogP contribution in [0, 0.1) is 12.8 Å². The Hall–Kier alpha value is -3.43. The number of nitrogens with zero attached hydrogens (tertiary/aromatic N) is 5. The minimum atomic E-state index is -4.44. The number of alkyl halides is 3. The van der Waals surface area contributed by atoms with E-state index in [1.54, 1.807) is 18.2 Å². The fourth-order valence-corrected chi connectivity index (χ4v) is 3.18.